The number of hydrogen-bond donors (Lipinski definition) is 2. The third-order valence-corrected chi connectivity index (χ3v) is 7.12. The molecular formula is C28H23F2N5O3S. The van der Waals surface area contributed by atoms with Crippen molar-refractivity contribution in [2.45, 2.75) is 27.0 Å². The van der Waals surface area contributed by atoms with E-state index in [0.29, 0.717) is 22.3 Å². The van der Waals surface area contributed by atoms with E-state index in [2.05, 4.69) is 15.4 Å². The Hall–Kier alpha value is -4.64. The fraction of sp³-hybridized carbons (Fsp3) is 0.143. The Morgan fingerprint density at radius 1 is 1.10 bits per heavy atom. The number of carbonyl (C=O) groups is 2. The van der Waals surface area contributed by atoms with Crippen LogP contribution >= 0.6 is 11.3 Å². The zero-order chi connectivity index (χ0) is 27.7. The van der Waals surface area contributed by atoms with Crippen molar-refractivity contribution in [3.63, 3.8) is 0 Å². The summed E-state index contributed by atoms with van der Waals surface area (Å²) >= 11 is 0.844. The quantitative estimate of drug-likeness (QED) is 0.244. The minimum Gasteiger partial charge on any atom is -0.471 e. The van der Waals surface area contributed by atoms with Gasteiger partial charge < -0.3 is 15.8 Å². The van der Waals surface area contributed by atoms with Gasteiger partial charge in [-0.2, -0.15) is 5.10 Å². The predicted molar refractivity (Wildman–Crippen MR) is 145 cm³/mol. The molecule has 3 aromatic heterocycles. The summed E-state index contributed by atoms with van der Waals surface area (Å²) in [6.45, 7) is 3.97. The SMILES string of the molecule is Cc1ccc(C)c(OCn2ccc(C(=O)Nc3c(C(N)=O)sc4nc(C(F)F)cc(-c5ccccc5)c34)n2)c1. The minimum atomic E-state index is -2.83. The van der Waals surface area contributed by atoms with Crippen LogP contribution in [0.3, 0.4) is 0 Å². The van der Waals surface area contributed by atoms with E-state index in [1.807, 2.05) is 32.0 Å². The van der Waals surface area contributed by atoms with E-state index >= 15 is 0 Å². The van der Waals surface area contributed by atoms with Gasteiger partial charge in [0.1, 0.15) is 21.2 Å². The number of rotatable bonds is 8. The highest BCUT2D eigenvalue weighted by atomic mass is 32.1. The van der Waals surface area contributed by atoms with Crippen LogP contribution in [0.25, 0.3) is 21.3 Å². The first-order chi connectivity index (χ1) is 18.7. The summed E-state index contributed by atoms with van der Waals surface area (Å²) in [7, 11) is 0. The number of aryl methyl sites for hydroxylation is 2. The fourth-order valence-corrected chi connectivity index (χ4v) is 5.11. The van der Waals surface area contributed by atoms with E-state index in [-0.39, 0.29) is 27.8 Å². The molecular weight excluding hydrogens is 524 g/mol. The van der Waals surface area contributed by atoms with Gasteiger partial charge >= 0.3 is 0 Å². The molecule has 0 atom stereocenters. The number of ether oxygens (including phenoxy) is 1. The van der Waals surface area contributed by atoms with Crippen LogP contribution in [0.1, 0.15) is 43.4 Å². The molecule has 0 saturated heterocycles. The lowest BCUT2D eigenvalue weighted by atomic mass is 10.0. The molecule has 39 heavy (non-hydrogen) atoms. The third kappa shape index (κ3) is 5.34. The van der Waals surface area contributed by atoms with Crippen molar-refractivity contribution in [2.24, 2.45) is 5.73 Å². The summed E-state index contributed by atoms with van der Waals surface area (Å²) in [5.74, 6) is -0.727. The van der Waals surface area contributed by atoms with Crippen LogP contribution in [-0.2, 0) is 6.73 Å². The number of anilines is 1. The van der Waals surface area contributed by atoms with Crippen LogP contribution in [0, 0.1) is 13.8 Å². The number of thiophene rings is 1. The molecule has 8 nitrogen and oxygen atoms in total. The van der Waals surface area contributed by atoms with E-state index in [9.17, 15) is 18.4 Å². The average molecular weight is 548 g/mol. The Morgan fingerprint density at radius 3 is 2.59 bits per heavy atom. The molecule has 0 bridgehead atoms. The number of carbonyl (C=O) groups excluding carboxylic acids is 2. The second kappa shape index (κ2) is 10.6. The number of halogens is 2. The van der Waals surface area contributed by atoms with Crippen molar-refractivity contribution in [2.75, 3.05) is 5.32 Å². The summed E-state index contributed by atoms with van der Waals surface area (Å²) in [4.78, 5) is 29.7. The number of alkyl halides is 2. The van der Waals surface area contributed by atoms with E-state index < -0.39 is 23.9 Å². The van der Waals surface area contributed by atoms with Gasteiger partial charge in [-0.25, -0.2) is 18.4 Å². The molecule has 3 heterocycles. The first-order valence-electron chi connectivity index (χ1n) is 11.9. The number of hydrogen-bond acceptors (Lipinski definition) is 6. The lowest BCUT2D eigenvalue weighted by Gasteiger charge is -2.11. The van der Waals surface area contributed by atoms with Crippen molar-refractivity contribution in [3.05, 3.63) is 94.3 Å². The maximum Gasteiger partial charge on any atom is 0.280 e. The summed E-state index contributed by atoms with van der Waals surface area (Å²) in [6, 6.07) is 17.4. The molecule has 11 heteroatoms. The van der Waals surface area contributed by atoms with E-state index in [0.717, 1.165) is 22.5 Å². The minimum absolute atomic E-state index is 0.00728. The molecule has 0 aliphatic carbocycles. The van der Waals surface area contributed by atoms with Crippen molar-refractivity contribution in [1.82, 2.24) is 14.8 Å². The lowest BCUT2D eigenvalue weighted by Crippen LogP contribution is -2.18. The molecule has 2 aromatic carbocycles. The number of aromatic nitrogens is 3. The lowest BCUT2D eigenvalue weighted by molar-refractivity contribution is 0.100. The van der Waals surface area contributed by atoms with Gasteiger partial charge in [-0.15, -0.1) is 11.3 Å². The van der Waals surface area contributed by atoms with Crippen LogP contribution in [0.5, 0.6) is 5.75 Å². The van der Waals surface area contributed by atoms with Gasteiger partial charge in [0.2, 0.25) is 0 Å². The molecule has 3 N–H and O–H groups in total. The molecule has 0 aliphatic heterocycles. The normalized spacial score (nSPS) is 11.2. The number of primary amides is 1. The predicted octanol–water partition coefficient (Wildman–Crippen LogP) is 6.10. The van der Waals surface area contributed by atoms with Crippen LogP contribution in [0.2, 0.25) is 0 Å². The van der Waals surface area contributed by atoms with Gasteiger partial charge in [0.15, 0.2) is 12.4 Å². The first-order valence-corrected chi connectivity index (χ1v) is 12.7. The van der Waals surface area contributed by atoms with Crippen LogP contribution < -0.4 is 15.8 Å². The van der Waals surface area contributed by atoms with Gasteiger partial charge in [-0.05, 0) is 54.3 Å². The first kappa shape index (κ1) is 26.0. The maximum absolute atomic E-state index is 13.7. The number of fused-ring (bicyclic) bond motifs is 1. The Bertz CT molecular complexity index is 1700. The van der Waals surface area contributed by atoms with Gasteiger partial charge in [0.05, 0.1) is 5.69 Å². The van der Waals surface area contributed by atoms with Crippen LogP contribution in [-0.4, -0.2) is 26.6 Å². The molecule has 0 fully saturated rings. The van der Waals surface area contributed by atoms with Crippen molar-refractivity contribution >= 4 is 39.1 Å². The Balaban J connectivity index is 1.49. The summed E-state index contributed by atoms with van der Waals surface area (Å²) in [5.41, 5.74) is 8.35. The Labute approximate surface area is 226 Å². The number of amides is 2. The van der Waals surface area contributed by atoms with E-state index in [1.165, 1.54) is 16.8 Å². The largest absolute Gasteiger partial charge is 0.471 e. The number of nitrogens with two attached hydrogens (primary N) is 1. The van der Waals surface area contributed by atoms with Gasteiger partial charge in [-0.3, -0.25) is 9.59 Å². The molecule has 2 amide bonds. The third-order valence-electron chi connectivity index (χ3n) is 6.02. The highest BCUT2D eigenvalue weighted by Crippen LogP contribution is 2.42. The van der Waals surface area contributed by atoms with Crippen LogP contribution in [0.15, 0.2) is 66.9 Å². The zero-order valence-corrected chi connectivity index (χ0v) is 21.8. The summed E-state index contributed by atoms with van der Waals surface area (Å²) in [6.07, 6.45) is -1.24. The Kier molecular flexibility index (Phi) is 7.07. The number of nitrogens with zero attached hydrogens (tertiary/aromatic N) is 3. The van der Waals surface area contributed by atoms with Crippen molar-refractivity contribution in [3.8, 4) is 16.9 Å². The molecule has 198 valence electrons. The van der Waals surface area contributed by atoms with E-state index in [4.69, 9.17) is 10.5 Å². The van der Waals surface area contributed by atoms with Crippen molar-refractivity contribution in [1.29, 1.82) is 0 Å². The smallest absolute Gasteiger partial charge is 0.280 e. The molecule has 0 saturated carbocycles. The highest BCUT2D eigenvalue weighted by Gasteiger charge is 2.25. The van der Waals surface area contributed by atoms with Gasteiger partial charge in [0.25, 0.3) is 18.2 Å². The number of nitrogens with one attached hydrogen (secondary N) is 1. The fourth-order valence-electron chi connectivity index (χ4n) is 4.10. The highest BCUT2D eigenvalue weighted by molar-refractivity contribution is 7.21. The number of benzene rings is 2. The van der Waals surface area contributed by atoms with Gasteiger partial charge in [-0.1, -0.05) is 42.5 Å². The second-order valence-corrected chi connectivity index (χ2v) is 9.85. The molecule has 0 spiro atoms. The summed E-state index contributed by atoms with van der Waals surface area (Å²) in [5, 5.41) is 7.35. The molecule has 5 rings (SSSR count). The molecule has 5 aromatic rings. The van der Waals surface area contributed by atoms with Crippen LogP contribution in [0.4, 0.5) is 14.5 Å². The number of pyridine rings is 1. The molecule has 0 radical (unpaired) electrons. The van der Waals surface area contributed by atoms with E-state index in [1.54, 1.807) is 36.5 Å². The zero-order valence-electron chi connectivity index (χ0n) is 20.9. The average Bonchev–Trinajstić information content (AvgIpc) is 3.54. The Morgan fingerprint density at radius 2 is 1.87 bits per heavy atom. The monoisotopic (exact) mass is 547 g/mol. The topological polar surface area (TPSA) is 112 Å². The van der Waals surface area contributed by atoms with Gasteiger partial charge in [0, 0.05) is 11.6 Å². The maximum atomic E-state index is 13.7. The van der Waals surface area contributed by atoms with Crippen molar-refractivity contribution < 1.29 is 23.1 Å². The molecule has 0 aliphatic rings. The molecule has 0 unspecified atom stereocenters. The second-order valence-electron chi connectivity index (χ2n) is 8.85. The summed E-state index contributed by atoms with van der Waals surface area (Å²) < 4.78 is 34.6. The standard InChI is InChI=1S/C28H23F2N5O3S/c1-15-8-9-16(2)21(12-15)38-14-35-11-10-19(34-35)27(37)33-23-22-18(17-6-4-3-5-7-17)13-20(25(29)30)32-28(22)39-24(23)26(31)36/h3-13,25H,14H2,1-2H3,(H2,31,36)(H,33,37).